The number of carbonyl (C=O) groups is 2. The third kappa shape index (κ3) is 4.15. The molecule has 5 atom stereocenters. The summed E-state index contributed by atoms with van der Waals surface area (Å²) in [6, 6.07) is 5.95. The Morgan fingerprint density at radius 1 is 1.12 bits per heavy atom. The minimum Gasteiger partial charge on any atom is -0.394 e. The minimum absolute atomic E-state index is 0.0251. The number of hydrogen-bond donors (Lipinski definition) is 7. The van der Waals surface area contributed by atoms with E-state index in [1.165, 1.54) is 0 Å². The SMILES string of the molecule is [2H]N[C@@H](Cc1c[nH]c2ccccc12)C(=O)C(=O)[C@H](O)[C@@H](O)[C@@H](O)[C@H](O)CO. The van der Waals surface area contributed by atoms with Crippen LogP contribution in [0.4, 0.5) is 0 Å². The number of hydrogen-bond acceptors (Lipinski definition) is 8. The van der Waals surface area contributed by atoms with Gasteiger partial charge in [0.25, 0.3) is 0 Å². The van der Waals surface area contributed by atoms with Gasteiger partial charge in [-0.3, -0.25) is 9.59 Å². The van der Waals surface area contributed by atoms with Crippen molar-refractivity contribution in [1.82, 2.24) is 4.98 Å². The Balaban J connectivity index is 2.12. The van der Waals surface area contributed by atoms with E-state index in [-0.39, 0.29) is 6.42 Å². The van der Waals surface area contributed by atoms with Crippen LogP contribution in [-0.2, 0) is 16.0 Å². The first-order chi connectivity index (χ1) is 12.8. The third-order valence-corrected chi connectivity index (χ3v) is 4.18. The fraction of sp³-hybridized carbons (Fsp3) is 0.412. The number of benzene rings is 1. The highest BCUT2D eigenvalue weighted by Gasteiger charge is 2.38. The van der Waals surface area contributed by atoms with Crippen LogP contribution in [-0.4, -0.2) is 79.1 Å². The number of aromatic nitrogens is 1. The molecule has 8 N–H and O–H groups in total. The number of aliphatic hydroxyl groups is 5. The van der Waals surface area contributed by atoms with Gasteiger partial charge in [-0.1, -0.05) is 18.2 Å². The van der Waals surface area contributed by atoms with E-state index in [2.05, 4.69) is 4.98 Å². The number of nitrogens with two attached hydrogens (primary N) is 1. The molecule has 0 spiro atoms. The second kappa shape index (κ2) is 8.49. The van der Waals surface area contributed by atoms with Gasteiger partial charge in [0.2, 0.25) is 11.6 Å². The minimum atomic E-state index is -2.31. The van der Waals surface area contributed by atoms with E-state index in [0.29, 0.717) is 5.56 Å². The van der Waals surface area contributed by atoms with E-state index in [1.807, 2.05) is 17.9 Å². The molecule has 0 unspecified atom stereocenters. The molecule has 0 aliphatic heterocycles. The number of Topliss-reactive ketones (excluding diaryl/α,β-unsaturated/α-hetero) is 2. The molecule has 2 rings (SSSR count). The lowest BCUT2D eigenvalue weighted by molar-refractivity contribution is -0.154. The van der Waals surface area contributed by atoms with Crippen LogP contribution in [0, 0.1) is 0 Å². The average Bonchev–Trinajstić information content (AvgIpc) is 3.11. The van der Waals surface area contributed by atoms with Crippen LogP contribution in [0.1, 0.15) is 5.56 Å². The molecule has 2 aromatic rings. The van der Waals surface area contributed by atoms with Crippen molar-refractivity contribution >= 4 is 22.5 Å². The molecule has 0 amide bonds. The molecular formula is C17H22N2O7. The first kappa shape index (κ1) is 18.6. The fourth-order valence-electron chi connectivity index (χ4n) is 2.61. The molecule has 0 saturated carbocycles. The maximum absolute atomic E-state index is 12.3. The molecule has 0 aliphatic rings. The highest BCUT2D eigenvalue weighted by atomic mass is 16.4. The number of nitrogens with one attached hydrogen (secondary N) is 1. The smallest absolute Gasteiger partial charge is 0.231 e. The van der Waals surface area contributed by atoms with Gasteiger partial charge in [-0.2, -0.15) is 0 Å². The standard InChI is InChI=1S/C17H22N2O7/c18-10(5-8-6-19-11-4-2-1-3-9(8)11)13(22)15(24)17(26)16(25)14(23)12(21)7-20/h1-4,6,10,12,14,16-17,19-21,23,25-26H,5,7,18H2/t10-,12+,14-,16-,17-/m0/s1/i/hD. The number of aromatic amines is 1. The molecular weight excluding hydrogens is 344 g/mol. The molecule has 0 radical (unpaired) electrons. The second-order valence-corrected chi connectivity index (χ2v) is 6.02. The summed E-state index contributed by atoms with van der Waals surface area (Å²) < 4.78 is 7.33. The van der Waals surface area contributed by atoms with E-state index < -0.39 is 48.6 Å². The number of carbonyl (C=O) groups excluding carboxylic acids is 2. The topological polar surface area (TPSA) is 177 Å². The molecule has 1 aromatic heterocycles. The quantitative estimate of drug-likeness (QED) is 0.227. The number of aliphatic hydroxyl groups excluding tert-OH is 5. The van der Waals surface area contributed by atoms with Crippen molar-refractivity contribution in [1.29, 1.82) is 0 Å². The van der Waals surface area contributed by atoms with Gasteiger partial charge in [0, 0.05) is 17.1 Å². The zero-order chi connectivity index (χ0) is 20.1. The van der Waals surface area contributed by atoms with Crippen LogP contribution >= 0.6 is 0 Å². The monoisotopic (exact) mass is 367 g/mol. The van der Waals surface area contributed by atoms with Crippen LogP contribution in [0.15, 0.2) is 30.5 Å². The zero-order valence-electron chi connectivity index (χ0n) is 14.7. The molecule has 0 aliphatic carbocycles. The normalized spacial score (nSPS) is 18.0. The van der Waals surface area contributed by atoms with Gasteiger partial charge in [0.05, 0.1) is 12.6 Å². The molecule has 9 heteroatoms. The lowest BCUT2D eigenvalue weighted by Gasteiger charge is -2.25. The zero-order valence-corrected chi connectivity index (χ0v) is 13.7. The predicted molar refractivity (Wildman–Crippen MR) is 91.1 cm³/mol. The largest absolute Gasteiger partial charge is 0.394 e. The van der Waals surface area contributed by atoms with Crippen molar-refractivity contribution < 1.29 is 36.5 Å². The van der Waals surface area contributed by atoms with Crippen molar-refractivity contribution in [3.63, 3.8) is 0 Å². The Kier molecular flexibility index (Phi) is 6.09. The molecule has 26 heavy (non-hydrogen) atoms. The lowest BCUT2D eigenvalue weighted by atomic mass is 9.94. The summed E-state index contributed by atoms with van der Waals surface area (Å²) in [4.78, 5) is 27.5. The van der Waals surface area contributed by atoms with Crippen LogP contribution in [0.2, 0.25) is 1.41 Å². The van der Waals surface area contributed by atoms with E-state index in [1.54, 1.807) is 18.3 Å². The van der Waals surface area contributed by atoms with E-state index >= 15 is 0 Å². The van der Waals surface area contributed by atoms with Crippen LogP contribution in [0.3, 0.4) is 0 Å². The van der Waals surface area contributed by atoms with Gasteiger partial charge in [-0.05, 0) is 18.1 Å². The van der Waals surface area contributed by atoms with Crippen LogP contribution in [0.25, 0.3) is 10.9 Å². The van der Waals surface area contributed by atoms with E-state index in [0.717, 1.165) is 10.9 Å². The summed E-state index contributed by atoms with van der Waals surface area (Å²) >= 11 is 0. The first-order valence-corrected chi connectivity index (χ1v) is 7.95. The fourth-order valence-corrected chi connectivity index (χ4v) is 2.61. The molecule has 142 valence electrons. The van der Waals surface area contributed by atoms with Crippen molar-refractivity contribution in [2.45, 2.75) is 36.9 Å². The van der Waals surface area contributed by atoms with Gasteiger partial charge in [0.1, 0.15) is 25.8 Å². The number of para-hydroxylation sites is 1. The predicted octanol–water partition coefficient (Wildman–Crippen LogP) is -2.39. The van der Waals surface area contributed by atoms with E-state index in [4.69, 9.17) is 6.52 Å². The molecule has 0 saturated heterocycles. The van der Waals surface area contributed by atoms with Gasteiger partial charge in [0.15, 0.2) is 0 Å². The molecule has 0 bridgehead atoms. The van der Waals surface area contributed by atoms with Crippen molar-refractivity contribution in [2.24, 2.45) is 5.73 Å². The number of rotatable bonds is 10. The summed E-state index contributed by atoms with van der Waals surface area (Å²) in [5.41, 5.74) is 3.44. The van der Waals surface area contributed by atoms with Gasteiger partial charge in [-0.25, -0.2) is 0 Å². The molecule has 9 nitrogen and oxygen atoms in total. The summed E-state index contributed by atoms with van der Waals surface area (Å²) in [6.07, 6.45) is -6.70. The van der Waals surface area contributed by atoms with Gasteiger partial charge >= 0.3 is 0 Å². The van der Waals surface area contributed by atoms with Gasteiger partial charge in [-0.15, -0.1) is 0 Å². The summed E-state index contributed by atoms with van der Waals surface area (Å²) in [5.74, 6) is -2.58. The Bertz CT molecular complexity index is 796. The highest BCUT2D eigenvalue weighted by Crippen LogP contribution is 2.19. The Morgan fingerprint density at radius 2 is 1.81 bits per heavy atom. The van der Waals surface area contributed by atoms with Crippen LogP contribution in [0.5, 0.6) is 0 Å². The van der Waals surface area contributed by atoms with Crippen molar-refractivity contribution in [3.8, 4) is 0 Å². The average molecular weight is 367 g/mol. The van der Waals surface area contributed by atoms with Crippen molar-refractivity contribution in [2.75, 3.05) is 6.61 Å². The Morgan fingerprint density at radius 3 is 2.46 bits per heavy atom. The Hall–Kier alpha value is -2.14. The Labute approximate surface area is 150 Å². The summed E-state index contributed by atoms with van der Waals surface area (Å²) in [6.45, 7) is -0.912. The second-order valence-electron chi connectivity index (χ2n) is 6.02. The third-order valence-electron chi connectivity index (χ3n) is 4.18. The maximum atomic E-state index is 12.3. The maximum Gasteiger partial charge on any atom is 0.231 e. The number of ketones is 2. The molecule has 1 aromatic carbocycles. The summed E-state index contributed by atoms with van der Waals surface area (Å²) in [5, 5.41) is 48.0. The summed E-state index contributed by atoms with van der Waals surface area (Å²) in [7, 11) is 0. The van der Waals surface area contributed by atoms with Crippen molar-refractivity contribution in [3.05, 3.63) is 36.0 Å². The van der Waals surface area contributed by atoms with Gasteiger partial charge < -0.3 is 36.2 Å². The van der Waals surface area contributed by atoms with Crippen LogP contribution < -0.4 is 5.73 Å². The molecule has 0 fully saturated rings. The molecule has 1 heterocycles. The number of H-pyrrole nitrogens is 1. The number of fused-ring (bicyclic) bond motifs is 1. The van der Waals surface area contributed by atoms with E-state index in [9.17, 15) is 30.0 Å². The lowest BCUT2D eigenvalue weighted by Crippen LogP contribution is -2.52. The first-order valence-electron chi connectivity index (χ1n) is 8.45. The highest BCUT2D eigenvalue weighted by molar-refractivity contribution is 6.40.